The van der Waals surface area contributed by atoms with Gasteiger partial charge in [-0.3, -0.25) is 9.59 Å². The summed E-state index contributed by atoms with van der Waals surface area (Å²) in [5, 5.41) is 38.3. The molecule has 2 radical (unpaired) electrons. The molecule has 2 rings (SSSR count). The number of hydrogen-bond acceptors (Lipinski definition) is 9. The highest BCUT2D eigenvalue weighted by molar-refractivity contribution is 6.55. The first-order valence-electron chi connectivity index (χ1n) is 7.34. The molecule has 1 saturated heterocycles. The molecule has 1 fully saturated rings. The summed E-state index contributed by atoms with van der Waals surface area (Å²) in [5.41, 5.74) is 0.404. The van der Waals surface area contributed by atoms with Gasteiger partial charge in [-0.05, 0) is 17.7 Å². The zero-order valence-corrected chi connectivity index (χ0v) is 13.2. The lowest BCUT2D eigenvalue weighted by Crippen LogP contribution is -2.61. The number of aliphatic carboxylic acids is 1. The molecule has 5 atom stereocenters. The molecular formula is C15H15BO10. The van der Waals surface area contributed by atoms with Crippen molar-refractivity contribution in [2.45, 2.75) is 37.3 Å². The van der Waals surface area contributed by atoms with Gasteiger partial charge in [0.25, 0.3) is 0 Å². The fraction of sp³-hybridized carbons (Fsp3) is 0.400. The third kappa shape index (κ3) is 4.38. The molecule has 0 bridgehead atoms. The normalized spacial score (nSPS) is 28.2. The number of aliphatic hydroxyl groups excluding tert-OH is 3. The minimum absolute atomic E-state index is 0.0149. The third-order valence-corrected chi connectivity index (χ3v) is 3.64. The highest BCUT2D eigenvalue weighted by Gasteiger charge is 2.48. The summed E-state index contributed by atoms with van der Waals surface area (Å²) in [6, 6.07) is 4.05. The van der Waals surface area contributed by atoms with Crippen molar-refractivity contribution in [3.63, 3.8) is 0 Å². The van der Waals surface area contributed by atoms with Crippen LogP contribution in [0.3, 0.4) is 0 Å². The molecule has 0 spiro atoms. The number of ether oxygens (including phenoxy) is 3. The Labute approximate surface area is 148 Å². The molecule has 1 aliphatic rings. The van der Waals surface area contributed by atoms with E-state index in [1.165, 1.54) is 18.2 Å². The molecule has 0 amide bonds. The van der Waals surface area contributed by atoms with E-state index in [0.29, 0.717) is 11.8 Å². The van der Waals surface area contributed by atoms with Gasteiger partial charge >= 0.3 is 5.97 Å². The van der Waals surface area contributed by atoms with E-state index in [-0.39, 0.29) is 17.9 Å². The Hall–Kier alpha value is -2.47. The van der Waals surface area contributed by atoms with Gasteiger partial charge in [0, 0.05) is 0 Å². The minimum Gasteiger partial charge on any atom is -0.479 e. The van der Waals surface area contributed by atoms with Gasteiger partial charge in [-0.2, -0.15) is 0 Å². The fourth-order valence-corrected chi connectivity index (χ4v) is 2.32. The van der Waals surface area contributed by atoms with E-state index in [4.69, 9.17) is 22.4 Å². The van der Waals surface area contributed by atoms with Crippen LogP contribution in [-0.4, -0.2) is 77.1 Å². The molecule has 0 saturated carbocycles. The zero-order chi connectivity index (χ0) is 19.4. The van der Waals surface area contributed by atoms with E-state index in [1.54, 1.807) is 0 Å². The summed E-state index contributed by atoms with van der Waals surface area (Å²) < 4.78 is 14.9. The number of carbonyl (C=O) groups excluding carboxylic acids is 2. The Morgan fingerprint density at radius 2 is 1.88 bits per heavy atom. The largest absolute Gasteiger partial charge is 0.479 e. The first-order valence-corrected chi connectivity index (χ1v) is 7.34. The number of hydrogen-bond donors (Lipinski definition) is 4. The molecule has 0 aromatic heterocycles. The predicted molar refractivity (Wildman–Crippen MR) is 82.7 cm³/mol. The van der Waals surface area contributed by atoms with Crippen molar-refractivity contribution in [2.75, 3.05) is 0 Å². The lowest BCUT2D eigenvalue weighted by atomic mass is 9.99. The van der Waals surface area contributed by atoms with Gasteiger partial charge in [-0.15, -0.1) is 0 Å². The van der Waals surface area contributed by atoms with Crippen molar-refractivity contribution < 1.29 is 49.0 Å². The Balaban J connectivity index is 2.19. The SMILES string of the molecule is [B]C(=O)OCc1ccc(O[C@@H]2O[C@H](C(=O)O)[C@@H](O)[C@H](O)[C@H]2O)c(C=O)c1. The standard InChI is InChI=1S/C15H15BO10/c16-15(23)24-5-6-1-2-8(7(3-6)4-17)25-14-11(20)9(18)10(19)12(26-14)13(21)22/h1-4,9-12,14,18-20H,5H2,(H,21,22)/t9-,10-,11+,12-,14+/m0/s1. The number of aldehydes is 1. The van der Waals surface area contributed by atoms with Crippen LogP contribution in [0.15, 0.2) is 18.2 Å². The van der Waals surface area contributed by atoms with E-state index < -0.39 is 42.5 Å². The van der Waals surface area contributed by atoms with E-state index in [2.05, 4.69) is 4.74 Å². The van der Waals surface area contributed by atoms with E-state index >= 15 is 0 Å². The van der Waals surface area contributed by atoms with E-state index in [9.17, 15) is 29.7 Å². The molecule has 138 valence electrons. The molecule has 0 unspecified atom stereocenters. The predicted octanol–water partition coefficient (Wildman–Crippen LogP) is -1.42. The van der Waals surface area contributed by atoms with Crippen LogP contribution < -0.4 is 4.74 Å². The van der Waals surface area contributed by atoms with Crippen molar-refractivity contribution in [3.8, 4) is 5.75 Å². The molecule has 10 nitrogen and oxygen atoms in total. The summed E-state index contributed by atoms with van der Waals surface area (Å²) in [7, 11) is 4.85. The van der Waals surface area contributed by atoms with E-state index in [1.807, 2.05) is 0 Å². The van der Waals surface area contributed by atoms with Gasteiger partial charge in [0.1, 0.15) is 30.7 Å². The minimum atomic E-state index is -1.86. The van der Waals surface area contributed by atoms with Gasteiger partial charge < -0.3 is 34.6 Å². The van der Waals surface area contributed by atoms with Crippen molar-refractivity contribution in [2.24, 2.45) is 0 Å². The van der Waals surface area contributed by atoms with Crippen LogP contribution in [0.5, 0.6) is 5.75 Å². The Kier molecular flexibility index (Phi) is 6.32. The van der Waals surface area contributed by atoms with Crippen molar-refractivity contribution >= 4 is 26.0 Å². The van der Waals surface area contributed by atoms with Gasteiger partial charge in [-0.25, -0.2) is 4.79 Å². The first-order chi connectivity index (χ1) is 12.2. The number of carboxylic acids is 1. The molecule has 11 heteroatoms. The molecule has 0 aliphatic carbocycles. The topological polar surface area (TPSA) is 160 Å². The highest BCUT2D eigenvalue weighted by Crippen LogP contribution is 2.27. The van der Waals surface area contributed by atoms with Crippen LogP contribution in [0.25, 0.3) is 0 Å². The van der Waals surface area contributed by atoms with Gasteiger partial charge in [0.15, 0.2) is 12.4 Å². The molecule has 1 aliphatic heterocycles. The molecule has 26 heavy (non-hydrogen) atoms. The number of aliphatic hydroxyl groups is 3. The van der Waals surface area contributed by atoms with Crippen LogP contribution in [0.1, 0.15) is 15.9 Å². The van der Waals surface area contributed by atoms with Crippen molar-refractivity contribution in [1.29, 1.82) is 0 Å². The second-order valence-corrected chi connectivity index (χ2v) is 5.45. The maximum Gasteiger partial charge on any atom is 0.335 e. The summed E-state index contributed by atoms with van der Waals surface area (Å²) in [5.74, 6) is -2.64. The lowest BCUT2D eigenvalue weighted by Gasteiger charge is -2.38. The van der Waals surface area contributed by atoms with Crippen LogP contribution in [0, 0.1) is 0 Å². The van der Waals surface area contributed by atoms with E-state index in [0.717, 1.165) is 0 Å². The van der Waals surface area contributed by atoms with Crippen LogP contribution in [0.4, 0.5) is 4.79 Å². The average molecular weight is 366 g/mol. The fourth-order valence-electron chi connectivity index (χ4n) is 2.32. The Morgan fingerprint density at radius 1 is 1.19 bits per heavy atom. The maximum absolute atomic E-state index is 11.2. The van der Waals surface area contributed by atoms with Crippen LogP contribution in [0.2, 0.25) is 0 Å². The molecule has 4 N–H and O–H groups in total. The quantitative estimate of drug-likeness (QED) is 0.347. The molecule has 1 heterocycles. The number of benzene rings is 1. The second kappa shape index (κ2) is 8.28. The smallest absolute Gasteiger partial charge is 0.335 e. The van der Waals surface area contributed by atoms with Gasteiger partial charge in [-0.1, -0.05) is 6.07 Å². The number of carboxylic acid groups (broad SMARTS) is 1. The van der Waals surface area contributed by atoms with Crippen molar-refractivity contribution in [3.05, 3.63) is 29.3 Å². The maximum atomic E-state index is 11.2. The molecule has 1 aromatic rings. The molecular weight excluding hydrogens is 351 g/mol. The summed E-state index contributed by atoms with van der Waals surface area (Å²) in [6.45, 7) is -0.189. The van der Waals surface area contributed by atoms with Gasteiger partial charge in [0.05, 0.1) is 5.56 Å². The average Bonchev–Trinajstić information content (AvgIpc) is 2.60. The number of carbonyl (C=O) groups is 3. The third-order valence-electron chi connectivity index (χ3n) is 3.64. The zero-order valence-electron chi connectivity index (χ0n) is 13.2. The summed E-state index contributed by atoms with van der Waals surface area (Å²) >= 11 is 0. The Morgan fingerprint density at radius 3 is 2.46 bits per heavy atom. The highest BCUT2D eigenvalue weighted by atomic mass is 16.7. The summed E-state index contributed by atoms with van der Waals surface area (Å²) in [4.78, 5) is 32.9. The first kappa shape index (κ1) is 19.9. The molecule has 1 aromatic carbocycles. The van der Waals surface area contributed by atoms with Crippen LogP contribution in [-0.2, 0) is 20.9 Å². The number of rotatable bonds is 6. The monoisotopic (exact) mass is 366 g/mol. The van der Waals surface area contributed by atoms with Crippen molar-refractivity contribution in [1.82, 2.24) is 0 Å². The second-order valence-electron chi connectivity index (χ2n) is 5.45. The van der Waals surface area contributed by atoms with Crippen LogP contribution >= 0.6 is 0 Å². The lowest BCUT2D eigenvalue weighted by molar-refractivity contribution is -0.271. The summed E-state index contributed by atoms with van der Waals surface area (Å²) in [6.07, 6.45) is -8.53. The Bertz CT molecular complexity index is 693. The van der Waals surface area contributed by atoms with Gasteiger partial charge in [0.2, 0.25) is 20.0 Å².